The Morgan fingerprint density at radius 3 is 3.00 bits per heavy atom. The van der Waals surface area contributed by atoms with Gasteiger partial charge in [-0.05, 0) is 32.8 Å². The molecule has 0 radical (unpaired) electrons. The summed E-state index contributed by atoms with van der Waals surface area (Å²) < 4.78 is 7.02. The van der Waals surface area contributed by atoms with Crippen LogP contribution in [0.5, 0.6) is 0 Å². The van der Waals surface area contributed by atoms with Crippen LogP contribution >= 0.6 is 0 Å². The first-order valence-electron chi connectivity index (χ1n) is 11.4. The number of nitrogens with zero attached hydrogens (tertiary/aromatic N) is 5. The lowest BCUT2D eigenvalue weighted by Crippen LogP contribution is -2.69. The molecule has 186 valence electrons. The molecule has 1 saturated heterocycles. The highest BCUT2D eigenvalue weighted by Crippen LogP contribution is 2.30. The Morgan fingerprint density at radius 1 is 1.39 bits per heavy atom. The summed E-state index contributed by atoms with van der Waals surface area (Å²) in [6, 6.07) is 3.79. The zero-order valence-electron chi connectivity index (χ0n) is 19.7. The predicted octanol–water partition coefficient (Wildman–Crippen LogP) is 1.18. The molecule has 13 nitrogen and oxygen atoms in total. The second-order valence-electron chi connectivity index (χ2n) is 8.87. The van der Waals surface area contributed by atoms with Gasteiger partial charge in [-0.25, -0.2) is 14.8 Å². The van der Waals surface area contributed by atoms with E-state index in [-0.39, 0.29) is 23.3 Å². The van der Waals surface area contributed by atoms with Gasteiger partial charge in [0, 0.05) is 30.6 Å². The summed E-state index contributed by atoms with van der Waals surface area (Å²) >= 11 is 0. The number of piperidine rings is 1. The van der Waals surface area contributed by atoms with Crippen LogP contribution in [-0.2, 0) is 6.42 Å². The van der Waals surface area contributed by atoms with Crippen molar-refractivity contribution in [3.8, 4) is 11.8 Å². The van der Waals surface area contributed by atoms with E-state index < -0.39 is 27.8 Å². The molecule has 1 fully saturated rings. The maximum absolute atomic E-state index is 13.3. The zero-order chi connectivity index (χ0) is 25.4. The number of non-ortho nitro benzene ring substituents is 1. The van der Waals surface area contributed by atoms with Crippen molar-refractivity contribution in [1.29, 1.82) is 0 Å². The Labute approximate surface area is 203 Å². The Bertz CT molecular complexity index is 1640. The minimum Gasteiger partial charge on any atom is -0.441 e. The largest absolute Gasteiger partial charge is 0.441 e. The van der Waals surface area contributed by atoms with Gasteiger partial charge in [-0.15, -0.1) is 5.92 Å². The van der Waals surface area contributed by atoms with Crippen molar-refractivity contribution in [2.24, 2.45) is 0 Å². The van der Waals surface area contributed by atoms with E-state index in [1.807, 2.05) is 6.92 Å². The van der Waals surface area contributed by atoms with Crippen molar-refractivity contribution in [1.82, 2.24) is 29.9 Å². The van der Waals surface area contributed by atoms with Gasteiger partial charge < -0.3 is 14.4 Å². The van der Waals surface area contributed by atoms with E-state index in [2.05, 4.69) is 37.1 Å². The highest BCUT2D eigenvalue weighted by atomic mass is 16.6. The van der Waals surface area contributed by atoms with Crippen LogP contribution in [-0.4, -0.2) is 54.2 Å². The van der Waals surface area contributed by atoms with Crippen molar-refractivity contribution >= 4 is 28.0 Å². The number of oxazole rings is 1. The third kappa shape index (κ3) is 4.01. The lowest BCUT2D eigenvalue weighted by atomic mass is 9.81. The van der Waals surface area contributed by atoms with Crippen LogP contribution in [0.2, 0.25) is 0 Å². The molecule has 0 amide bonds. The number of nitrogens with one attached hydrogen (secondary N) is 3. The Kier molecular flexibility index (Phi) is 5.81. The van der Waals surface area contributed by atoms with Gasteiger partial charge >= 0.3 is 11.2 Å². The van der Waals surface area contributed by atoms with Gasteiger partial charge in [-0.2, -0.15) is 4.68 Å². The molecule has 0 bridgehead atoms. The molecule has 13 heteroatoms. The molecule has 36 heavy (non-hydrogen) atoms. The molecule has 3 aromatic heterocycles. The van der Waals surface area contributed by atoms with Crippen molar-refractivity contribution in [3.05, 3.63) is 61.4 Å². The van der Waals surface area contributed by atoms with Gasteiger partial charge in [0.15, 0.2) is 22.6 Å². The quantitative estimate of drug-likeness (QED) is 0.203. The first-order valence-corrected chi connectivity index (χ1v) is 11.4. The minimum absolute atomic E-state index is 0.0859. The SMILES string of the molecule is CC#CCNC1(C)CCCN(n2c(=O)[nH]c3nc[nH]c3c2=O)C1Cc1nc2cc([N+](=O)[O-])ccc2o1. The molecule has 4 aromatic rings. The number of benzene rings is 1. The molecule has 5 rings (SSSR count). The average Bonchev–Trinajstić information content (AvgIpc) is 3.47. The number of aromatic amines is 2. The topological polar surface area (TPSA) is 168 Å². The Hall–Kier alpha value is -4.44. The monoisotopic (exact) mass is 492 g/mol. The van der Waals surface area contributed by atoms with E-state index in [9.17, 15) is 19.7 Å². The molecule has 4 heterocycles. The summed E-state index contributed by atoms with van der Waals surface area (Å²) in [6.07, 6.45) is 3.06. The van der Waals surface area contributed by atoms with Gasteiger partial charge in [-0.1, -0.05) is 5.92 Å². The number of rotatable bonds is 6. The number of hydrogen-bond acceptors (Lipinski definition) is 9. The molecule has 3 N–H and O–H groups in total. The smallest absolute Gasteiger partial charge is 0.349 e. The summed E-state index contributed by atoms with van der Waals surface area (Å²) in [5.41, 5.74) is -0.604. The maximum Gasteiger partial charge on any atom is 0.349 e. The summed E-state index contributed by atoms with van der Waals surface area (Å²) in [4.78, 5) is 50.9. The van der Waals surface area contributed by atoms with E-state index in [0.29, 0.717) is 36.5 Å². The molecule has 2 atom stereocenters. The van der Waals surface area contributed by atoms with Crippen molar-refractivity contribution in [2.45, 2.75) is 44.7 Å². The molecule has 2 unspecified atom stereocenters. The second kappa shape index (κ2) is 8.97. The molecule has 1 aliphatic rings. The van der Waals surface area contributed by atoms with Crippen LogP contribution in [0, 0.1) is 22.0 Å². The van der Waals surface area contributed by atoms with E-state index in [4.69, 9.17) is 4.42 Å². The minimum atomic E-state index is -0.601. The van der Waals surface area contributed by atoms with Crippen molar-refractivity contribution in [3.63, 3.8) is 0 Å². The van der Waals surface area contributed by atoms with Gasteiger partial charge in [0.25, 0.3) is 5.69 Å². The lowest BCUT2D eigenvalue weighted by molar-refractivity contribution is -0.384. The van der Waals surface area contributed by atoms with Crippen LogP contribution in [0.15, 0.2) is 38.5 Å². The molecule has 1 aromatic carbocycles. The van der Waals surface area contributed by atoms with E-state index in [1.54, 1.807) is 11.9 Å². The number of nitro groups is 1. The Balaban J connectivity index is 1.60. The average molecular weight is 492 g/mol. The molecule has 0 aliphatic carbocycles. The number of nitro benzene ring substituents is 1. The van der Waals surface area contributed by atoms with E-state index >= 15 is 0 Å². The first-order chi connectivity index (χ1) is 17.3. The number of H-pyrrole nitrogens is 2. The van der Waals surface area contributed by atoms with Gasteiger partial charge in [0.1, 0.15) is 5.52 Å². The van der Waals surface area contributed by atoms with Crippen molar-refractivity contribution < 1.29 is 9.34 Å². The van der Waals surface area contributed by atoms with E-state index in [0.717, 1.165) is 11.1 Å². The first kappa shape index (κ1) is 23.3. The molecular formula is C23H24N8O5. The highest BCUT2D eigenvalue weighted by molar-refractivity contribution is 5.75. The van der Waals surface area contributed by atoms with Crippen LogP contribution in [0.4, 0.5) is 5.69 Å². The number of aromatic nitrogens is 5. The van der Waals surface area contributed by atoms with Crippen LogP contribution in [0.3, 0.4) is 0 Å². The van der Waals surface area contributed by atoms with Crippen LogP contribution < -0.4 is 21.6 Å². The summed E-state index contributed by atoms with van der Waals surface area (Å²) in [5, 5.41) is 16.4. The predicted molar refractivity (Wildman–Crippen MR) is 131 cm³/mol. The summed E-state index contributed by atoms with van der Waals surface area (Å²) in [7, 11) is 0. The lowest BCUT2D eigenvalue weighted by Gasteiger charge is -2.49. The normalized spacial score (nSPS) is 19.9. The standard InChI is InChI=1S/C23H24N8O5/c1-3-4-9-26-23(2)8-5-10-29(30-21(32)19-20(25-13-24-19)28-22(30)33)17(23)12-18-27-15-11-14(31(34)35)6-7-16(15)36-18/h6-7,11,13,17,26H,5,8-10,12H2,1-2H3,(H,24,25)(H,28,33). The van der Waals surface area contributed by atoms with Gasteiger partial charge in [-0.3, -0.25) is 25.2 Å². The van der Waals surface area contributed by atoms with Crippen LogP contribution in [0.25, 0.3) is 22.3 Å². The molecular weight excluding hydrogens is 468 g/mol. The van der Waals surface area contributed by atoms with Gasteiger partial charge in [0.2, 0.25) is 0 Å². The fourth-order valence-electron chi connectivity index (χ4n) is 4.84. The van der Waals surface area contributed by atoms with Crippen LogP contribution in [0.1, 0.15) is 32.6 Å². The van der Waals surface area contributed by atoms with Crippen molar-refractivity contribution in [2.75, 3.05) is 18.1 Å². The second-order valence-corrected chi connectivity index (χ2v) is 8.87. The van der Waals surface area contributed by atoms with Gasteiger partial charge in [0.05, 0.1) is 23.8 Å². The number of hydrogen-bond donors (Lipinski definition) is 3. The molecule has 1 aliphatic heterocycles. The molecule has 0 saturated carbocycles. The summed E-state index contributed by atoms with van der Waals surface area (Å²) in [6.45, 7) is 4.63. The molecule has 0 spiro atoms. The third-order valence-corrected chi connectivity index (χ3v) is 6.65. The Morgan fingerprint density at radius 2 is 2.22 bits per heavy atom. The highest BCUT2D eigenvalue weighted by Gasteiger charge is 2.43. The fourth-order valence-corrected chi connectivity index (χ4v) is 4.84. The zero-order valence-corrected chi connectivity index (χ0v) is 19.7. The summed E-state index contributed by atoms with van der Waals surface area (Å²) in [5.74, 6) is 6.21. The fraction of sp³-hybridized carbons (Fsp3) is 0.391. The number of fused-ring (bicyclic) bond motifs is 2. The number of imidazole rings is 1. The third-order valence-electron chi connectivity index (χ3n) is 6.65. The van der Waals surface area contributed by atoms with E-state index in [1.165, 1.54) is 24.5 Å². The maximum atomic E-state index is 13.3.